The van der Waals surface area contributed by atoms with Crippen molar-refractivity contribution in [1.82, 2.24) is 9.63 Å². The molecular weight excluding hydrogens is 589 g/mol. The Kier molecular flexibility index (Phi) is 11.6. The molecule has 1 aliphatic heterocycles. The van der Waals surface area contributed by atoms with Crippen molar-refractivity contribution < 1.29 is 26.2 Å². The first kappa shape index (κ1) is 32.3. The molecule has 5 rings (SSSR count). The van der Waals surface area contributed by atoms with Crippen molar-refractivity contribution in [2.24, 2.45) is 5.92 Å². The van der Waals surface area contributed by atoms with Gasteiger partial charge >= 0.3 is 45.6 Å². The van der Waals surface area contributed by atoms with Crippen LogP contribution in [0.2, 0.25) is 0 Å². The van der Waals surface area contributed by atoms with Gasteiger partial charge in [-0.2, -0.15) is 0 Å². The molecule has 9 nitrogen and oxygen atoms in total. The first-order valence-corrected chi connectivity index (χ1v) is 16.1. The van der Waals surface area contributed by atoms with Crippen LogP contribution in [-0.4, -0.2) is 98.2 Å². The van der Waals surface area contributed by atoms with E-state index in [1.165, 1.54) is 21.8 Å². The van der Waals surface area contributed by atoms with Crippen LogP contribution in [-0.2, 0) is 9.09 Å². The van der Waals surface area contributed by atoms with Gasteiger partial charge in [-0.25, -0.2) is 4.57 Å². The molecule has 1 fully saturated rings. The van der Waals surface area contributed by atoms with E-state index < -0.39 is 13.4 Å². The van der Waals surface area contributed by atoms with Gasteiger partial charge in [-0.3, -0.25) is 19.1 Å². The number of rotatable bonds is 12. The molecule has 0 bridgehead atoms. The molecular formula is C29H38CaN3O6PS. The van der Waals surface area contributed by atoms with Crippen LogP contribution in [0.4, 0.5) is 5.69 Å². The Balaban J connectivity index is 0.00000215. The summed E-state index contributed by atoms with van der Waals surface area (Å²) in [5.74, 6) is 0.590. The van der Waals surface area contributed by atoms with Gasteiger partial charge in [-0.1, -0.05) is 19.9 Å². The van der Waals surface area contributed by atoms with Crippen LogP contribution in [0.5, 0.6) is 5.75 Å². The number of aromatic nitrogens is 1. The zero-order chi connectivity index (χ0) is 28.1. The Morgan fingerprint density at radius 2 is 1.83 bits per heavy atom. The van der Waals surface area contributed by atoms with Crippen molar-refractivity contribution in [1.29, 1.82) is 0 Å². The molecule has 1 aliphatic rings. The number of benzene rings is 2. The maximum absolute atomic E-state index is 12.5. The third-order valence-corrected chi connectivity index (χ3v) is 8.63. The number of hydrogen-bond donors (Lipinski definition) is 1. The van der Waals surface area contributed by atoms with Crippen LogP contribution in [0.15, 0.2) is 64.8 Å². The van der Waals surface area contributed by atoms with Crippen LogP contribution in [0, 0.1) is 5.92 Å². The normalized spacial score (nSPS) is 15.7. The molecule has 0 aliphatic carbocycles. The second-order valence-electron chi connectivity index (χ2n) is 10.4. The Bertz CT molecular complexity index is 1560. The van der Waals surface area contributed by atoms with Gasteiger partial charge in [0.2, 0.25) is 0 Å². The van der Waals surface area contributed by atoms with E-state index in [-0.39, 0.29) is 53.1 Å². The molecule has 2 aromatic carbocycles. The second kappa shape index (κ2) is 14.7. The van der Waals surface area contributed by atoms with E-state index in [0.29, 0.717) is 23.3 Å². The summed E-state index contributed by atoms with van der Waals surface area (Å²) in [6.45, 7) is 9.40. The smallest absolute Gasteiger partial charge is 1.00 e. The fraction of sp³-hybridized carbons (Fsp3) is 0.414. The van der Waals surface area contributed by atoms with Crippen LogP contribution in [0.3, 0.4) is 0 Å². The molecule has 2 aromatic heterocycles. The minimum absolute atomic E-state index is 0. The first-order valence-electron chi connectivity index (χ1n) is 13.7. The average Bonchev–Trinajstić information content (AvgIpc) is 3.43. The molecule has 4 aromatic rings. The van der Waals surface area contributed by atoms with E-state index in [0.717, 1.165) is 50.3 Å². The SMILES string of the molecule is CC(C)COP(=O)(O)On1c(=O)ccc2ccc(OCCCCN3CCN(c4cccc5sccc45)CC3)cc21.[Ca+2].[H-].[H-]. The Hall–Kier alpha value is -1.62. The van der Waals surface area contributed by atoms with E-state index in [1.807, 2.05) is 19.9 Å². The minimum atomic E-state index is -4.47. The zero-order valence-corrected chi connectivity index (χ0v) is 27.5. The largest absolute Gasteiger partial charge is 2.00 e. The number of pyridine rings is 1. The third-order valence-electron chi connectivity index (χ3n) is 6.91. The van der Waals surface area contributed by atoms with Gasteiger partial charge in [0.25, 0.3) is 5.56 Å². The fourth-order valence-electron chi connectivity index (χ4n) is 4.83. The summed E-state index contributed by atoms with van der Waals surface area (Å²) in [5.41, 5.74) is 1.10. The van der Waals surface area contributed by atoms with E-state index in [2.05, 4.69) is 39.4 Å². The summed E-state index contributed by atoms with van der Waals surface area (Å²) in [6, 6.07) is 17.0. The zero-order valence-electron chi connectivity index (χ0n) is 25.6. The number of anilines is 1. The molecule has 218 valence electrons. The van der Waals surface area contributed by atoms with Gasteiger partial charge in [-0.15, -0.1) is 16.1 Å². The average molecular weight is 628 g/mol. The van der Waals surface area contributed by atoms with Gasteiger partial charge in [0, 0.05) is 59.5 Å². The summed E-state index contributed by atoms with van der Waals surface area (Å²) in [6.07, 6.45) is 1.90. The van der Waals surface area contributed by atoms with Crippen molar-refractivity contribution in [2.45, 2.75) is 26.7 Å². The van der Waals surface area contributed by atoms with Crippen LogP contribution in [0.25, 0.3) is 21.0 Å². The Morgan fingerprint density at radius 3 is 2.61 bits per heavy atom. The molecule has 0 spiro atoms. The van der Waals surface area contributed by atoms with Gasteiger partial charge in [0.1, 0.15) is 5.75 Å². The number of piperazine rings is 1. The first-order chi connectivity index (χ1) is 19.3. The summed E-state index contributed by atoms with van der Waals surface area (Å²) < 4.78 is 30.6. The number of nitrogens with zero attached hydrogens (tertiary/aromatic N) is 3. The summed E-state index contributed by atoms with van der Waals surface area (Å²) in [7, 11) is -4.47. The minimum Gasteiger partial charge on any atom is -1.00 e. The number of unbranched alkanes of at least 4 members (excludes halogenated alkanes) is 1. The van der Waals surface area contributed by atoms with Crippen molar-refractivity contribution >= 4 is 83.6 Å². The van der Waals surface area contributed by atoms with Gasteiger partial charge in [-0.05, 0) is 67.1 Å². The van der Waals surface area contributed by atoms with Crippen LogP contribution in [0.1, 0.15) is 29.5 Å². The molecule has 1 N–H and O–H groups in total. The van der Waals surface area contributed by atoms with Crippen LogP contribution < -0.4 is 19.8 Å². The molecule has 1 saturated heterocycles. The number of ether oxygens (including phenoxy) is 1. The Morgan fingerprint density at radius 1 is 1.05 bits per heavy atom. The maximum Gasteiger partial charge on any atom is 2.00 e. The van der Waals surface area contributed by atoms with Crippen molar-refractivity contribution in [3.63, 3.8) is 0 Å². The molecule has 0 amide bonds. The third kappa shape index (κ3) is 8.48. The fourth-order valence-corrected chi connectivity index (χ4v) is 6.54. The maximum atomic E-state index is 12.5. The summed E-state index contributed by atoms with van der Waals surface area (Å²) in [5, 5.41) is 4.18. The van der Waals surface area contributed by atoms with Gasteiger partial charge in [0.05, 0.1) is 18.7 Å². The van der Waals surface area contributed by atoms with Gasteiger partial charge in [0.15, 0.2) is 0 Å². The number of fused-ring (bicyclic) bond motifs is 2. The number of phosphoric ester groups is 1. The topological polar surface area (TPSA) is 93.5 Å². The predicted octanol–water partition coefficient (Wildman–Crippen LogP) is 5.24. The van der Waals surface area contributed by atoms with Crippen molar-refractivity contribution in [3.8, 4) is 5.75 Å². The molecule has 41 heavy (non-hydrogen) atoms. The van der Waals surface area contributed by atoms with E-state index in [9.17, 15) is 14.3 Å². The number of hydrogen-bond acceptors (Lipinski definition) is 8. The molecule has 12 heteroatoms. The van der Waals surface area contributed by atoms with Crippen molar-refractivity contribution in [2.75, 3.05) is 50.8 Å². The van der Waals surface area contributed by atoms with E-state index in [4.69, 9.17) is 13.9 Å². The van der Waals surface area contributed by atoms with Crippen molar-refractivity contribution in [3.05, 3.63) is 70.3 Å². The summed E-state index contributed by atoms with van der Waals surface area (Å²) >= 11 is 1.79. The quantitative estimate of drug-likeness (QED) is 0.130. The number of phosphoric acid groups is 1. The Labute approximate surface area is 277 Å². The predicted molar refractivity (Wildman–Crippen MR) is 169 cm³/mol. The molecule has 0 saturated carbocycles. The molecule has 1 atom stereocenters. The standard InChI is InChI=1S/C29H36N3O6PS.Ca.2H/c1-22(2)21-37-39(34,35)38-32-27-20-24(10-8-23(27)9-11-29(32)33)36-18-4-3-13-30-14-16-31(17-15-30)26-6-5-7-28-25(26)12-19-40-28;;;/h5-12,19-20,22H,3-4,13-18,21H2,1-2H3,(H,34,35);;;/q;+2;2*-1. The molecule has 1 unspecified atom stereocenters. The molecule has 3 heterocycles. The van der Waals surface area contributed by atoms with E-state index >= 15 is 0 Å². The second-order valence-corrected chi connectivity index (χ2v) is 12.7. The number of thiophene rings is 1. The molecule has 0 radical (unpaired) electrons. The van der Waals surface area contributed by atoms with E-state index in [1.54, 1.807) is 29.5 Å². The summed E-state index contributed by atoms with van der Waals surface area (Å²) in [4.78, 5) is 27.6. The van der Waals surface area contributed by atoms with Crippen LogP contribution >= 0.6 is 19.2 Å². The monoisotopic (exact) mass is 627 g/mol. The van der Waals surface area contributed by atoms with Gasteiger partial charge < -0.3 is 17.1 Å².